The summed E-state index contributed by atoms with van der Waals surface area (Å²) < 4.78 is 25.1. The lowest BCUT2D eigenvalue weighted by molar-refractivity contribution is -0.116. The monoisotopic (exact) mass is 376 g/mol. The number of benzene rings is 2. The van der Waals surface area contributed by atoms with Gasteiger partial charge >= 0.3 is 0 Å². The molecule has 0 radical (unpaired) electrons. The minimum Gasteiger partial charge on any atom is -0.493 e. The van der Waals surface area contributed by atoms with E-state index in [9.17, 15) is 9.18 Å². The molecular weight excluding hydrogens is 355 g/mol. The Bertz CT molecular complexity index is 766. The standard InChI is InChI=1S/C19H21FN2O3S/c1-24-17-4-2-3-5-18(17)25-16-7-6-13(10-15(16)20)22-19(23)11-14-12-26-9-8-21-14/h2-7,10,14,21H,8-9,11-12H2,1H3,(H,22,23). The summed E-state index contributed by atoms with van der Waals surface area (Å²) in [4.78, 5) is 12.1. The van der Waals surface area contributed by atoms with E-state index in [0.29, 0.717) is 23.6 Å². The van der Waals surface area contributed by atoms with Crippen LogP contribution in [0.25, 0.3) is 0 Å². The molecule has 2 aromatic carbocycles. The third kappa shape index (κ3) is 4.89. The summed E-state index contributed by atoms with van der Waals surface area (Å²) in [5, 5.41) is 6.04. The van der Waals surface area contributed by atoms with Crippen molar-refractivity contribution in [3.63, 3.8) is 0 Å². The number of methoxy groups -OCH3 is 1. The van der Waals surface area contributed by atoms with Crippen LogP contribution in [-0.4, -0.2) is 37.1 Å². The van der Waals surface area contributed by atoms with Crippen LogP contribution in [0.3, 0.4) is 0 Å². The number of thioether (sulfide) groups is 1. The maximum absolute atomic E-state index is 14.3. The molecule has 1 unspecified atom stereocenters. The maximum atomic E-state index is 14.3. The zero-order valence-electron chi connectivity index (χ0n) is 14.5. The van der Waals surface area contributed by atoms with Gasteiger partial charge in [0, 0.05) is 42.3 Å². The maximum Gasteiger partial charge on any atom is 0.225 e. The SMILES string of the molecule is COc1ccccc1Oc1ccc(NC(=O)CC2CSCCN2)cc1F. The first-order chi connectivity index (χ1) is 12.7. The van der Waals surface area contributed by atoms with Crippen LogP contribution in [0.2, 0.25) is 0 Å². The average Bonchev–Trinajstić information content (AvgIpc) is 2.65. The Morgan fingerprint density at radius 3 is 2.77 bits per heavy atom. The molecule has 2 aromatic rings. The van der Waals surface area contributed by atoms with E-state index in [-0.39, 0.29) is 17.7 Å². The number of carbonyl (C=O) groups excluding carboxylic acids is 1. The van der Waals surface area contributed by atoms with E-state index in [2.05, 4.69) is 10.6 Å². The second-order valence-corrected chi connectivity index (χ2v) is 7.03. The average molecular weight is 376 g/mol. The molecule has 0 bridgehead atoms. The first-order valence-electron chi connectivity index (χ1n) is 8.37. The second-order valence-electron chi connectivity index (χ2n) is 5.88. The minimum absolute atomic E-state index is 0.0675. The van der Waals surface area contributed by atoms with Gasteiger partial charge in [-0.15, -0.1) is 0 Å². The van der Waals surface area contributed by atoms with Crippen molar-refractivity contribution in [2.24, 2.45) is 0 Å². The van der Waals surface area contributed by atoms with Crippen LogP contribution in [0, 0.1) is 5.82 Å². The molecule has 1 amide bonds. The Morgan fingerprint density at radius 2 is 2.08 bits per heavy atom. The van der Waals surface area contributed by atoms with E-state index in [1.807, 2.05) is 11.8 Å². The predicted molar refractivity (Wildman–Crippen MR) is 102 cm³/mol. The number of amides is 1. The van der Waals surface area contributed by atoms with Gasteiger partial charge in [-0.1, -0.05) is 12.1 Å². The van der Waals surface area contributed by atoms with Crippen molar-refractivity contribution in [3.05, 3.63) is 48.3 Å². The fourth-order valence-corrected chi connectivity index (χ4v) is 3.62. The van der Waals surface area contributed by atoms with Gasteiger partial charge in [-0.3, -0.25) is 4.79 Å². The molecule has 0 saturated carbocycles. The van der Waals surface area contributed by atoms with Crippen molar-refractivity contribution in [2.45, 2.75) is 12.5 Å². The van der Waals surface area contributed by atoms with Gasteiger partial charge in [0.15, 0.2) is 23.1 Å². The molecule has 0 aromatic heterocycles. The van der Waals surface area contributed by atoms with Crippen LogP contribution in [-0.2, 0) is 4.79 Å². The number of ether oxygens (including phenoxy) is 2. The highest BCUT2D eigenvalue weighted by molar-refractivity contribution is 7.99. The summed E-state index contributed by atoms with van der Waals surface area (Å²) >= 11 is 1.83. The van der Waals surface area contributed by atoms with Gasteiger partial charge in [-0.05, 0) is 24.3 Å². The van der Waals surface area contributed by atoms with Crippen molar-refractivity contribution in [3.8, 4) is 17.2 Å². The van der Waals surface area contributed by atoms with Gasteiger partial charge < -0.3 is 20.1 Å². The van der Waals surface area contributed by atoms with Crippen molar-refractivity contribution >= 4 is 23.4 Å². The van der Waals surface area contributed by atoms with Crippen molar-refractivity contribution in [1.82, 2.24) is 5.32 Å². The third-order valence-electron chi connectivity index (χ3n) is 3.93. The molecule has 1 fully saturated rings. The largest absolute Gasteiger partial charge is 0.493 e. The first-order valence-corrected chi connectivity index (χ1v) is 9.52. The van der Waals surface area contributed by atoms with Gasteiger partial charge in [0.25, 0.3) is 0 Å². The molecule has 1 aliphatic heterocycles. The summed E-state index contributed by atoms with van der Waals surface area (Å²) in [7, 11) is 1.52. The summed E-state index contributed by atoms with van der Waals surface area (Å²) in [6.07, 6.45) is 0.369. The lowest BCUT2D eigenvalue weighted by atomic mass is 10.2. The summed E-state index contributed by atoms with van der Waals surface area (Å²) in [6.45, 7) is 0.909. The Labute approximate surface area is 156 Å². The topological polar surface area (TPSA) is 59.6 Å². The molecular formula is C19H21FN2O3S. The number of hydrogen-bond acceptors (Lipinski definition) is 5. The van der Waals surface area contributed by atoms with Crippen LogP contribution < -0.4 is 20.1 Å². The number of rotatable bonds is 6. The Morgan fingerprint density at radius 1 is 1.27 bits per heavy atom. The predicted octanol–water partition coefficient (Wildman–Crippen LogP) is 3.66. The number of hydrogen-bond donors (Lipinski definition) is 2. The van der Waals surface area contributed by atoms with E-state index in [1.165, 1.54) is 19.2 Å². The molecule has 26 heavy (non-hydrogen) atoms. The Balaban J connectivity index is 1.62. The normalized spacial score (nSPS) is 16.8. The molecule has 3 rings (SSSR count). The second kappa shape index (κ2) is 8.91. The van der Waals surface area contributed by atoms with E-state index in [4.69, 9.17) is 9.47 Å². The van der Waals surface area contributed by atoms with E-state index >= 15 is 0 Å². The molecule has 7 heteroatoms. The molecule has 1 atom stereocenters. The highest BCUT2D eigenvalue weighted by Gasteiger charge is 2.17. The van der Waals surface area contributed by atoms with Gasteiger partial charge in [-0.25, -0.2) is 4.39 Å². The highest BCUT2D eigenvalue weighted by Crippen LogP contribution is 2.33. The first kappa shape index (κ1) is 18.5. The number of nitrogens with one attached hydrogen (secondary N) is 2. The van der Waals surface area contributed by atoms with Gasteiger partial charge in [-0.2, -0.15) is 11.8 Å². The van der Waals surface area contributed by atoms with Crippen LogP contribution in [0.5, 0.6) is 17.2 Å². The number of anilines is 1. The summed E-state index contributed by atoms with van der Waals surface area (Å²) in [5.74, 6) is 2.29. The Hall–Kier alpha value is -2.25. The lowest BCUT2D eigenvalue weighted by Gasteiger charge is -2.22. The smallest absolute Gasteiger partial charge is 0.225 e. The Kier molecular flexibility index (Phi) is 6.35. The van der Waals surface area contributed by atoms with Crippen LogP contribution in [0.15, 0.2) is 42.5 Å². The third-order valence-corrected chi connectivity index (χ3v) is 5.07. The minimum atomic E-state index is -0.556. The van der Waals surface area contributed by atoms with Crippen molar-refractivity contribution in [1.29, 1.82) is 0 Å². The molecule has 2 N–H and O–H groups in total. The molecule has 1 aliphatic rings. The molecule has 138 valence electrons. The highest BCUT2D eigenvalue weighted by atomic mass is 32.2. The molecule has 0 spiro atoms. The van der Waals surface area contributed by atoms with Gasteiger partial charge in [0.1, 0.15) is 0 Å². The molecule has 1 heterocycles. The number of halogens is 1. The lowest BCUT2D eigenvalue weighted by Crippen LogP contribution is -2.39. The summed E-state index contributed by atoms with van der Waals surface area (Å²) in [5.41, 5.74) is 0.406. The van der Waals surface area contributed by atoms with Crippen LogP contribution in [0.1, 0.15) is 6.42 Å². The fraction of sp³-hybridized carbons (Fsp3) is 0.316. The van der Waals surface area contributed by atoms with Gasteiger partial charge in [0.2, 0.25) is 5.91 Å². The quantitative estimate of drug-likeness (QED) is 0.806. The molecule has 0 aliphatic carbocycles. The van der Waals surface area contributed by atoms with Crippen LogP contribution >= 0.6 is 11.8 Å². The number of carbonyl (C=O) groups is 1. The zero-order chi connectivity index (χ0) is 18.4. The molecule has 5 nitrogen and oxygen atoms in total. The van der Waals surface area contributed by atoms with Crippen molar-refractivity contribution < 1.29 is 18.7 Å². The van der Waals surface area contributed by atoms with Gasteiger partial charge in [0.05, 0.1) is 7.11 Å². The van der Waals surface area contributed by atoms with Crippen LogP contribution in [0.4, 0.5) is 10.1 Å². The molecule has 1 saturated heterocycles. The number of para-hydroxylation sites is 2. The zero-order valence-corrected chi connectivity index (χ0v) is 15.3. The van der Waals surface area contributed by atoms with E-state index < -0.39 is 5.82 Å². The van der Waals surface area contributed by atoms with Crippen molar-refractivity contribution in [2.75, 3.05) is 30.5 Å². The summed E-state index contributed by atoms with van der Waals surface area (Å²) in [6, 6.07) is 11.5. The van der Waals surface area contributed by atoms with E-state index in [0.717, 1.165) is 18.1 Å². The van der Waals surface area contributed by atoms with E-state index in [1.54, 1.807) is 30.3 Å². The fourth-order valence-electron chi connectivity index (χ4n) is 2.67.